The predicted octanol–water partition coefficient (Wildman–Crippen LogP) is 5.27. The van der Waals surface area contributed by atoms with Crippen molar-refractivity contribution in [1.29, 1.82) is 0 Å². The second-order valence-electron chi connectivity index (χ2n) is 6.25. The summed E-state index contributed by atoms with van der Waals surface area (Å²) in [6.07, 6.45) is 1.75. The van der Waals surface area contributed by atoms with Crippen LogP contribution in [0.25, 0.3) is 6.08 Å². The lowest BCUT2D eigenvalue weighted by Crippen LogP contribution is -2.27. The molecular formula is C21H18ClNO5S2. The van der Waals surface area contributed by atoms with Gasteiger partial charge in [-0.05, 0) is 49.8 Å². The maximum absolute atomic E-state index is 13.1. The van der Waals surface area contributed by atoms with E-state index in [9.17, 15) is 4.79 Å². The van der Waals surface area contributed by atoms with E-state index in [1.54, 1.807) is 36.4 Å². The van der Waals surface area contributed by atoms with Gasteiger partial charge in [-0.3, -0.25) is 9.69 Å². The van der Waals surface area contributed by atoms with Crippen molar-refractivity contribution < 1.29 is 23.7 Å². The normalized spacial score (nSPS) is 16.5. The van der Waals surface area contributed by atoms with Crippen molar-refractivity contribution in [3.8, 4) is 23.0 Å². The fraction of sp³-hybridized carbons (Fsp3) is 0.238. The molecule has 2 aromatic rings. The smallest absolute Gasteiger partial charge is 0.270 e. The largest absolute Gasteiger partial charge is 0.490 e. The average molecular weight is 464 g/mol. The average Bonchev–Trinajstić information content (AvgIpc) is 3.28. The first-order valence-electron chi connectivity index (χ1n) is 9.28. The van der Waals surface area contributed by atoms with E-state index in [4.69, 9.17) is 42.8 Å². The van der Waals surface area contributed by atoms with Crippen LogP contribution in [0, 0.1) is 0 Å². The Balaban J connectivity index is 1.65. The zero-order valence-electron chi connectivity index (χ0n) is 16.3. The second-order valence-corrected chi connectivity index (χ2v) is 8.33. The van der Waals surface area contributed by atoms with Crippen LogP contribution in [0.2, 0.25) is 5.02 Å². The number of rotatable bonds is 6. The number of nitrogens with zero attached hydrogens (tertiary/aromatic N) is 1. The summed E-state index contributed by atoms with van der Waals surface area (Å²) in [5.74, 6) is 2.04. The molecule has 0 bridgehead atoms. The molecule has 6 nitrogen and oxygen atoms in total. The van der Waals surface area contributed by atoms with Crippen LogP contribution in [-0.4, -0.2) is 30.2 Å². The van der Waals surface area contributed by atoms with Crippen molar-refractivity contribution in [2.24, 2.45) is 0 Å². The Morgan fingerprint density at radius 3 is 2.70 bits per heavy atom. The number of thioether (sulfide) groups is 1. The Morgan fingerprint density at radius 2 is 1.93 bits per heavy atom. The summed E-state index contributed by atoms with van der Waals surface area (Å²) in [4.78, 5) is 15.0. The summed E-state index contributed by atoms with van der Waals surface area (Å²) in [6, 6.07) is 8.83. The number of hydrogen-bond acceptors (Lipinski definition) is 7. The summed E-state index contributed by atoms with van der Waals surface area (Å²) >= 11 is 13.1. The van der Waals surface area contributed by atoms with E-state index < -0.39 is 0 Å². The third kappa shape index (κ3) is 3.95. The van der Waals surface area contributed by atoms with Crippen molar-refractivity contribution in [3.05, 3.63) is 45.8 Å². The molecule has 0 N–H and O–H groups in total. The highest BCUT2D eigenvalue weighted by Gasteiger charge is 2.34. The van der Waals surface area contributed by atoms with Crippen molar-refractivity contribution in [3.63, 3.8) is 0 Å². The number of ether oxygens (including phenoxy) is 4. The zero-order valence-corrected chi connectivity index (χ0v) is 18.7. The van der Waals surface area contributed by atoms with E-state index in [1.165, 1.54) is 16.7 Å². The number of hydrogen-bond donors (Lipinski definition) is 0. The van der Waals surface area contributed by atoms with E-state index in [0.717, 1.165) is 5.56 Å². The molecule has 156 valence electrons. The molecule has 2 aromatic carbocycles. The van der Waals surface area contributed by atoms with Crippen molar-refractivity contribution in [2.75, 3.05) is 24.9 Å². The molecule has 2 heterocycles. The minimum absolute atomic E-state index is 0.164. The number of anilines is 1. The molecule has 2 aliphatic heterocycles. The number of fused-ring (bicyclic) bond motifs is 1. The van der Waals surface area contributed by atoms with Crippen molar-refractivity contribution >= 4 is 57.6 Å². The second kappa shape index (κ2) is 8.75. The van der Waals surface area contributed by atoms with Gasteiger partial charge in [-0.25, -0.2) is 0 Å². The molecule has 1 amide bonds. The Labute approximate surface area is 188 Å². The molecule has 30 heavy (non-hydrogen) atoms. The highest BCUT2D eigenvalue weighted by molar-refractivity contribution is 8.27. The molecule has 0 aromatic heterocycles. The van der Waals surface area contributed by atoms with E-state index in [-0.39, 0.29) is 12.7 Å². The number of carbonyl (C=O) groups is 1. The van der Waals surface area contributed by atoms with Gasteiger partial charge in [-0.15, -0.1) is 0 Å². The Hall–Kier alpha value is -2.42. The predicted molar refractivity (Wildman–Crippen MR) is 122 cm³/mol. The van der Waals surface area contributed by atoms with E-state index in [1.807, 2.05) is 13.8 Å². The molecule has 4 rings (SSSR count). The fourth-order valence-electron chi connectivity index (χ4n) is 3.08. The van der Waals surface area contributed by atoms with Crippen LogP contribution >= 0.6 is 35.6 Å². The monoisotopic (exact) mass is 463 g/mol. The Morgan fingerprint density at radius 1 is 1.17 bits per heavy atom. The summed E-state index contributed by atoms with van der Waals surface area (Å²) in [5.41, 5.74) is 1.35. The van der Waals surface area contributed by atoms with Gasteiger partial charge in [-0.2, -0.15) is 0 Å². The van der Waals surface area contributed by atoms with Crippen LogP contribution in [-0.2, 0) is 4.79 Å². The van der Waals surface area contributed by atoms with Crippen LogP contribution in [0.3, 0.4) is 0 Å². The number of amides is 1. The molecule has 0 spiro atoms. The van der Waals surface area contributed by atoms with Gasteiger partial charge in [0.05, 0.1) is 28.8 Å². The van der Waals surface area contributed by atoms with Crippen LogP contribution < -0.4 is 23.8 Å². The molecule has 2 aliphatic rings. The number of carbonyl (C=O) groups excluding carboxylic acids is 1. The molecular weight excluding hydrogens is 446 g/mol. The first-order valence-corrected chi connectivity index (χ1v) is 10.9. The zero-order chi connectivity index (χ0) is 21.3. The van der Waals surface area contributed by atoms with Crippen molar-refractivity contribution in [1.82, 2.24) is 0 Å². The van der Waals surface area contributed by atoms with Crippen LogP contribution in [0.1, 0.15) is 19.4 Å². The number of benzene rings is 2. The van der Waals surface area contributed by atoms with Gasteiger partial charge in [0.15, 0.2) is 27.3 Å². The lowest BCUT2D eigenvalue weighted by Gasteiger charge is -2.15. The number of halogens is 1. The first-order chi connectivity index (χ1) is 14.5. The first kappa shape index (κ1) is 20.8. The topological polar surface area (TPSA) is 57.2 Å². The van der Waals surface area contributed by atoms with E-state index >= 15 is 0 Å². The lowest BCUT2D eigenvalue weighted by atomic mass is 10.1. The number of thiocarbonyl (C=S) groups is 1. The highest BCUT2D eigenvalue weighted by atomic mass is 35.5. The molecule has 1 saturated heterocycles. The molecule has 1 fully saturated rings. The SMILES string of the molecule is CCOc1cc(/C=C2/SC(=S)N(c3ccc4c(c3)OCO4)C2=O)cc(Cl)c1OCC. The molecule has 9 heteroatoms. The summed E-state index contributed by atoms with van der Waals surface area (Å²) < 4.78 is 22.4. The molecule has 0 atom stereocenters. The third-order valence-electron chi connectivity index (χ3n) is 4.33. The third-order valence-corrected chi connectivity index (χ3v) is 5.91. The minimum Gasteiger partial charge on any atom is -0.490 e. The highest BCUT2D eigenvalue weighted by Crippen LogP contribution is 2.42. The van der Waals surface area contributed by atoms with Crippen LogP contribution in [0.5, 0.6) is 23.0 Å². The van der Waals surface area contributed by atoms with E-state index in [0.29, 0.717) is 56.1 Å². The lowest BCUT2D eigenvalue weighted by molar-refractivity contribution is -0.113. The van der Waals surface area contributed by atoms with Gasteiger partial charge >= 0.3 is 0 Å². The van der Waals surface area contributed by atoms with Gasteiger partial charge in [0.1, 0.15) is 0 Å². The van der Waals surface area contributed by atoms with Gasteiger partial charge in [-0.1, -0.05) is 35.6 Å². The van der Waals surface area contributed by atoms with Crippen molar-refractivity contribution in [2.45, 2.75) is 13.8 Å². The minimum atomic E-state index is -0.216. The summed E-state index contributed by atoms with van der Waals surface area (Å²) in [5, 5.41) is 0.417. The van der Waals surface area contributed by atoms with Gasteiger partial charge in [0.2, 0.25) is 6.79 Å². The molecule has 0 aliphatic carbocycles. The standard InChI is InChI=1S/C21H18ClNO5S2/c1-3-25-17-8-12(7-14(22)19(17)26-4-2)9-18-20(24)23(21(29)30-18)13-5-6-15-16(10-13)28-11-27-15/h5-10H,3-4,11H2,1-2H3/b18-9+. The molecule has 0 saturated carbocycles. The maximum Gasteiger partial charge on any atom is 0.270 e. The fourth-order valence-corrected chi connectivity index (χ4v) is 4.66. The van der Waals surface area contributed by atoms with E-state index in [2.05, 4.69) is 0 Å². The van der Waals surface area contributed by atoms with Crippen LogP contribution in [0.15, 0.2) is 35.2 Å². The van der Waals surface area contributed by atoms with Gasteiger partial charge < -0.3 is 18.9 Å². The van der Waals surface area contributed by atoms with Gasteiger partial charge in [0, 0.05) is 6.07 Å². The Kier molecular flexibility index (Phi) is 6.08. The summed E-state index contributed by atoms with van der Waals surface area (Å²) in [7, 11) is 0. The van der Waals surface area contributed by atoms with Gasteiger partial charge in [0.25, 0.3) is 5.91 Å². The molecule has 0 radical (unpaired) electrons. The Bertz CT molecular complexity index is 1060. The maximum atomic E-state index is 13.1. The molecule has 0 unspecified atom stereocenters. The van der Waals surface area contributed by atoms with Crippen LogP contribution in [0.4, 0.5) is 5.69 Å². The quantitative estimate of drug-likeness (QED) is 0.427. The summed E-state index contributed by atoms with van der Waals surface area (Å²) in [6.45, 7) is 4.85.